The second-order valence-electron chi connectivity index (χ2n) is 2.82. The van der Waals surface area contributed by atoms with Crippen molar-refractivity contribution in [3.05, 3.63) is 24.0 Å². The number of ether oxygens (including phenoxy) is 1. The first-order chi connectivity index (χ1) is 7.20. The number of carbonyl (C=O) groups is 1. The van der Waals surface area contributed by atoms with E-state index in [2.05, 4.69) is 15.2 Å². The maximum Gasteiger partial charge on any atom is 0.354 e. The Kier molecular flexibility index (Phi) is 2.17. The van der Waals surface area contributed by atoms with Gasteiger partial charge in [-0.1, -0.05) is 0 Å². The number of fused-ring (bicyclic) bond motifs is 1. The molecule has 0 saturated carbocycles. The zero-order valence-electron chi connectivity index (χ0n) is 7.84. The molecular formula is C9H7N3O3. The summed E-state index contributed by atoms with van der Waals surface area (Å²) < 4.78 is 4.88. The van der Waals surface area contributed by atoms with E-state index in [1.807, 2.05) is 0 Å². The van der Waals surface area contributed by atoms with Gasteiger partial charge in [-0.25, -0.2) is 9.78 Å². The van der Waals surface area contributed by atoms with Crippen LogP contribution in [0.15, 0.2) is 18.3 Å². The van der Waals surface area contributed by atoms with Crippen molar-refractivity contribution < 1.29 is 14.6 Å². The molecule has 0 aliphatic carbocycles. The first-order valence-electron chi connectivity index (χ1n) is 4.11. The molecule has 1 N–H and O–H groups in total. The molecule has 2 aromatic heterocycles. The molecule has 0 spiro atoms. The molecule has 0 fully saturated rings. The van der Waals surface area contributed by atoms with Crippen molar-refractivity contribution in [1.29, 1.82) is 0 Å². The van der Waals surface area contributed by atoms with Crippen LogP contribution in [-0.4, -0.2) is 33.4 Å². The van der Waals surface area contributed by atoms with E-state index >= 15 is 0 Å². The van der Waals surface area contributed by atoms with Crippen molar-refractivity contribution in [2.24, 2.45) is 0 Å². The Morgan fingerprint density at radius 2 is 2.20 bits per heavy atom. The number of carboxylic acid groups (broad SMARTS) is 1. The van der Waals surface area contributed by atoms with Crippen LogP contribution in [0.2, 0.25) is 0 Å². The Bertz CT molecular complexity index is 527. The van der Waals surface area contributed by atoms with Crippen molar-refractivity contribution in [2.75, 3.05) is 7.11 Å². The summed E-state index contributed by atoms with van der Waals surface area (Å²) in [6, 6.07) is 3.03. The van der Waals surface area contributed by atoms with E-state index in [9.17, 15) is 4.79 Å². The minimum atomic E-state index is -1.08. The Morgan fingerprint density at radius 1 is 1.40 bits per heavy atom. The topological polar surface area (TPSA) is 85.2 Å². The van der Waals surface area contributed by atoms with Gasteiger partial charge in [-0.3, -0.25) is 0 Å². The molecule has 2 heterocycles. The van der Waals surface area contributed by atoms with Crippen LogP contribution in [0.25, 0.3) is 10.9 Å². The van der Waals surface area contributed by atoms with Gasteiger partial charge in [0.05, 0.1) is 13.3 Å². The Hall–Kier alpha value is -2.24. The van der Waals surface area contributed by atoms with Gasteiger partial charge in [-0.05, 0) is 6.07 Å². The monoisotopic (exact) mass is 205 g/mol. The van der Waals surface area contributed by atoms with E-state index in [-0.39, 0.29) is 5.69 Å². The summed E-state index contributed by atoms with van der Waals surface area (Å²) >= 11 is 0. The third-order valence-corrected chi connectivity index (χ3v) is 1.88. The molecule has 0 unspecified atom stereocenters. The number of rotatable bonds is 2. The molecular weight excluding hydrogens is 198 g/mol. The fourth-order valence-electron chi connectivity index (χ4n) is 1.14. The molecule has 6 heteroatoms. The largest absolute Gasteiger partial charge is 0.480 e. The van der Waals surface area contributed by atoms with Gasteiger partial charge in [0.25, 0.3) is 0 Å². The molecule has 2 aromatic rings. The van der Waals surface area contributed by atoms with Crippen molar-refractivity contribution in [3.8, 4) is 5.88 Å². The minimum absolute atomic E-state index is 0.0300. The van der Waals surface area contributed by atoms with Crippen LogP contribution in [0.1, 0.15) is 10.5 Å². The summed E-state index contributed by atoms with van der Waals surface area (Å²) in [7, 11) is 1.47. The van der Waals surface area contributed by atoms with E-state index in [1.54, 1.807) is 6.07 Å². The smallest absolute Gasteiger partial charge is 0.354 e. The highest BCUT2D eigenvalue weighted by Gasteiger charge is 2.07. The van der Waals surface area contributed by atoms with E-state index in [0.717, 1.165) is 0 Å². The van der Waals surface area contributed by atoms with Crippen LogP contribution in [-0.2, 0) is 0 Å². The quantitative estimate of drug-likeness (QED) is 0.777. The molecule has 76 valence electrons. The van der Waals surface area contributed by atoms with E-state index in [1.165, 1.54) is 19.4 Å². The summed E-state index contributed by atoms with van der Waals surface area (Å²) in [5.74, 6) is -0.738. The first-order valence-corrected chi connectivity index (χ1v) is 4.11. The first kappa shape index (κ1) is 9.32. The Labute approximate surface area is 84.5 Å². The van der Waals surface area contributed by atoms with Gasteiger partial charge in [0.15, 0.2) is 0 Å². The standard InChI is InChI=1S/C9H7N3O3/c1-15-8-3-5-2-6(9(13)14)10-4-7(5)11-12-8/h2-4H,1H3,(H,13,14). The van der Waals surface area contributed by atoms with Gasteiger partial charge in [0.1, 0.15) is 11.2 Å². The van der Waals surface area contributed by atoms with Crippen molar-refractivity contribution in [1.82, 2.24) is 15.2 Å². The molecule has 0 aromatic carbocycles. The average molecular weight is 205 g/mol. The van der Waals surface area contributed by atoms with E-state index < -0.39 is 5.97 Å². The van der Waals surface area contributed by atoms with Gasteiger partial charge >= 0.3 is 5.97 Å². The second-order valence-corrected chi connectivity index (χ2v) is 2.82. The fourth-order valence-corrected chi connectivity index (χ4v) is 1.14. The molecule has 15 heavy (non-hydrogen) atoms. The lowest BCUT2D eigenvalue weighted by molar-refractivity contribution is 0.0690. The molecule has 0 aliphatic rings. The number of hydrogen-bond acceptors (Lipinski definition) is 5. The molecule has 0 radical (unpaired) electrons. The SMILES string of the molecule is COc1cc2cc(C(=O)O)ncc2nn1. The molecule has 2 rings (SSSR count). The number of aromatic nitrogens is 3. The maximum absolute atomic E-state index is 10.7. The predicted octanol–water partition coefficient (Wildman–Crippen LogP) is 0.732. The summed E-state index contributed by atoms with van der Waals surface area (Å²) in [4.78, 5) is 14.4. The third kappa shape index (κ3) is 1.69. The molecule has 6 nitrogen and oxygen atoms in total. The van der Waals surface area contributed by atoms with E-state index in [0.29, 0.717) is 16.8 Å². The van der Waals surface area contributed by atoms with Crippen LogP contribution in [0.5, 0.6) is 5.88 Å². The van der Waals surface area contributed by atoms with Gasteiger partial charge < -0.3 is 9.84 Å². The normalized spacial score (nSPS) is 10.2. The molecule has 0 bridgehead atoms. The van der Waals surface area contributed by atoms with Crippen molar-refractivity contribution >= 4 is 16.9 Å². The highest BCUT2D eigenvalue weighted by atomic mass is 16.5. The Balaban J connectivity index is 2.62. The van der Waals surface area contributed by atoms with Crippen molar-refractivity contribution in [3.63, 3.8) is 0 Å². The van der Waals surface area contributed by atoms with Crippen LogP contribution >= 0.6 is 0 Å². The highest BCUT2D eigenvalue weighted by molar-refractivity contribution is 5.90. The lowest BCUT2D eigenvalue weighted by atomic mass is 10.2. The number of aromatic carboxylic acids is 1. The number of carboxylic acids is 1. The predicted molar refractivity (Wildman–Crippen MR) is 50.8 cm³/mol. The van der Waals surface area contributed by atoms with Crippen LogP contribution in [0.4, 0.5) is 0 Å². The zero-order chi connectivity index (χ0) is 10.8. The molecule has 0 amide bonds. The number of hydrogen-bond donors (Lipinski definition) is 1. The zero-order valence-corrected chi connectivity index (χ0v) is 7.84. The number of methoxy groups -OCH3 is 1. The summed E-state index contributed by atoms with van der Waals surface area (Å²) in [6.07, 6.45) is 1.37. The molecule has 0 saturated heterocycles. The van der Waals surface area contributed by atoms with Gasteiger partial charge in [-0.2, -0.15) is 0 Å². The minimum Gasteiger partial charge on any atom is -0.480 e. The average Bonchev–Trinajstić information content (AvgIpc) is 2.27. The number of nitrogens with zero attached hydrogens (tertiary/aromatic N) is 3. The van der Waals surface area contributed by atoms with Gasteiger partial charge in [-0.15, -0.1) is 10.2 Å². The third-order valence-electron chi connectivity index (χ3n) is 1.88. The molecule has 0 aliphatic heterocycles. The lowest BCUT2D eigenvalue weighted by Crippen LogP contribution is -2.00. The number of pyridine rings is 1. The van der Waals surface area contributed by atoms with Gasteiger partial charge in [0.2, 0.25) is 5.88 Å². The second kappa shape index (κ2) is 3.49. The summed E-state index contributed by atoms with van der Waals surface area (Å²) in [6.45, 7) is 0. The summed E-state index contributed by atoms with van der Waals surface area (Å²) in [5, 5.41) is 16.9. The molecule has 0 atom stereocenters. The van der Waals surface area contributed by atoms with E-state index in [4.69, 9.17) is 9.84 Å². The van der Waals surface area contributed by atoms with Gasteiger partial charge in [0, 0.05) is 11.5 Å². The summed E-state index contributed by atoms with van der Waals surface area (Å²) in [5.41, 5.74) is 0.498. The van der Waals surface area contributed by atoms with Crippen LogP contribution in [0.3, 0.4) is 0 Å². The fraction of sp³-hybridized carbons (Fsp3) is 0.111. The van der Waals surface area contributed by atoms with Crippen molar-refractivity contribution in [2.45, 2.75) is 0 Å². The highest BCUT2D eigenvalue weighted by Crippen LogP contribution is 2.15. The van der Waals surface area contributed by atoms with Crippen LogP contribution < -0.4 is 4.74 Å². The Morgan fingerprint density at radius 3 is 2.87 bits per heavy atom. The maximum atomic E-state index is 10.7. The lowest BCUT2D eigenvalue weighted by Gasteiger charge is -2.00. The van der Waals surface area contributed by atoms with Crippen LogP contribution in [0, 0.1) is 0 Å².